The summed E-state index contributed by atoms with van der Waals surface area (Å²) in [6.45, 7) is -0.250. The molecule has 3 rings (SSSR count). The van der Waals surface area contributed by atoms with Crippen molar-refractivity contribution in [3.8, 4) is 0 Å². The molecule has 1 fully saturated rings. The second-order valence-electron chi connectivity index (χ2n) is 7.23. The summed E-state index contributed by atoms with van der Waals surface area (Å²) in [7, 11) is -0.0448. The molecule has 8 nitrogen and oxygen atoms in total. The largest absolute Gasteiger partial charge is 0.483 e. The normalized spacial score (nSPS) is 19.1. The van der Waals surface area contributed by atoms with Crippen molar-refractivity contribution in [3.05, 3.63) is 34.5 Å². The van der Waals surface area contributed by atoms with Crippen LogP contribution >= 0.6 is 22.9 Å². The van der Waals surface area contributed by atoms with Gasteiger partial charge in [0.15, 0.2) is 5.13 Å². The second kappa shape index (κ2) is 11.6. The SMILES string of the molecule is CN(C)[C@H]1CCCCC[C@@H]1Nc1cc(F)c(S(=O)(=O)Nc2nccs2)cc1Cl.O=CO. The minimum Gasteiger partial charge on any atom is -0.483 e. The highest BCUT2D eigenvalue weighted by atomic mass is 35.5. The average Bonchev–Trinajstić information content (AvgIpc) is 3.07. The lowest BCUT2D eigenvalue weighted by Crippen LogP contribution is -2.42. The quantitative estimate of drug-likeness (QED) is 0.411. The van der Waals surface area contributed by atoms with E-state index in [1.165, 1.54) is 12.6 Å². The lowest BCUT2D eigenvalue weighted by molar-refractivity contribution is -0.122. The number of thiazole rings is 1. The average molecular weight is 493 g/mol. The molecule has 0 radical (unpaired) electrons. The first-order valence-electron chi connectivity index (χ1n) is 9.61. The first-order chi connectivity index (χ1) is 14.7. The van der Waals surface area contributed by atoms with E-state index in [0.717, 1.165) is 49.2 Å². The number of likely N-dealkylation sites (N-methyl/N-ethyl adjacent to an activating group) is 1. The van der Waals surface area contributed by atoms with Gasteiger partial charge in [-0.3, -0.25) is 9.52 Å². The molecule has 0 bridgehead atoms. The first kappa shape index (κ1) is 25.3. The number of anilines is 2. The molecule has 1 aromatic heterocycles. The minimum absolute atomic E-state index is 0.116. The maximum atomic E-state index is 14.7. The van der Waals surface area contributed by atoms with Crippen LogP contribution in [-0.2, 0) is 14.8 Å². The van der Waals surface area contributed by atoms with E-state index in [0.29, 0.717) is 11.7 Å². The number of sulfonamides is 1. The zero-order chi connectivity index (χ0) is 23.0. The van der Waals surface area contributed by atoms with Crippen LogP contribution in [0.3, 0.4) is 0 Å². The van der Waals surface area contributed by atoms with E-state index in [2.05, 4.69) is 19.9 Å². The third kappa shape index (κ3) is 7.03. The molecular weight excluding hydrogens is 467 g/mol. The van der Waals surface area contributed by atoms with E-state index >= 15 is 0 Å². The summed E-state index contributed by atoms with van der Waals surface area (Å²) >= 11 is 7.44. The Morgan fingerprint density at radius 1 is 1.29 bits per heavy atom. The molecule has 0 spiro atoms. The zero-order valence-electron chi connectivity index (χ0n) is 17.2. The van der Waals surface area contributed by atoms with Gasteiger partial charge in [-0.2, -0.15) is 0 Å². The fourth-order valence-corrected chi connectivity index (χ4v) is 5.72. The van der Waals surface area contributed by atoms with Crippen LogP contribution in [0.1, 0.15) is 32.1 Å². The Morgan fingerprint density at radius 3 is 2.58 bits per heavy atom. The van der Waals surface area contributed by atoms with Gasteiger partial charge >= 0.3 is 0 Å². The van der Waals surface area contributed by atoms with Crippen LogP contribution in [0.4, 0.5) is 15.2 Å². The summed E-state index contributed by atoms with van der Waals surface area (Å²) in [5.41, 5.74) is 0.408. The fraction of sp³-hybridized carbons (Fsp3) is 0.474. The van der Waals surface area contributed by atoms with Gasteiger partial charge in [-0.05, 0) is 39.1 Å². The first-order valence-corrected chi connectivity index (χ1v) is 12.4. The third-order valence-corrected chi connectivity index (χ3v) is 7.43. The number of halogens is 2. The van der Waals surface area contributed by atoms with E-state index in [-0.39, 0.29) is 22.7 Å². The molecule has 2 aromatic rings. The molecule has 0 amide bonds. The Morgan fingerprint density at radius 2 is 1.97 bits per heavy atom. The van der Waals surface area contributed by atoms with Crippen LogP contribution in [0.15, 0.2) is 28.6 Å². The molecule has 3 N–H and O–H groups in total. The number of nitrogens with zero attached hydrogens (tertiary/aromatic N) is 2. The van der Waals surface area contributed by atoms with Crippen molar-refractivity contribution in [2.24, 2.45) is 0 Å². The molecule has 0 unspecified atom stereocenters. The highest BCUT2D eigenvalue weighted by Gasteiger charge is 2.27. The molecule has 1 aliphatic carbocycles. The van der Waals surface area contributed by atoms with Gasteiger partial charge in [0.05, 0.1) is 10.7 Å². The maximum Gasteiger partial charge on any atom is 0.290 e. The van der Waals surface area contributed by atoms with Gasteiger partial charge in [0.2, 0.25) is 0 Å². The molecule has 1 heterocycles. The summed E-state index contributed by atoms with van der Waals surface area (Å²) < 4.78 is 41.9. The highest BCUT2D eigenvalue weighted by molar-refractivity contribution is 7.93. The lowest BCUT2D eigenvalue weighted by atomic mass is 10.0. The molecule has 31 heavy (non-hydrogen) atoms. The van der Waals surface area contributed by atoms with Gasteiger partial charge in [0, 0.05) is 23.7 Å². The summed E-state index contributed by atoms with van der Waals surface area (Å²) in [6, 6.07) is 2.73. The van der Waals surface area contributed by atoms with Crippen molar-refractivity contribution in [1.82, 2.24) is 9.88 Å². The molecule has 1 saturated carbocycles. The Kier molecular flexibility index (Phi) is 9.48. The summed E-state index contributed by atoms with van der Waals surface area (Å²) in [4.78, 5) is 13.9. The third-order valence-electron chi connectivity index (χ3n) is 4.95. The van der Waals surface area contributed by atoms with Crippen molar-refractivity contribution >= 4 is 50.3 Å². The molecule has 0 aliphatic heterocycles. The van der Waals surface area contributed by atoms with E-state index in [1.54, 1.807) is 5.38 Å². The number of hydrogen-bond acceptors (Lipinski definition) is 7. The van der Waals surface area contributed by atoms with Crippen LogP contribution in [-0.4, -0.2) is 56.1 Å². The van der Waals surface area contributed by atoms with Crippen LogP contribution in [0.25, 0.3) is 0 Å². The monoisotopic (exact) mass is 492 g/mol. The summed E-state index contributed by atoms with van der Waals surface area (Å²) in [5, 5.41) is 12.2. The summed E-state index contributed by atoms with van der Waals surface area (Å²) in [6.07, 6.45) is 6.88. The minimum atomic E-state index is -4.11. The Hall–Kier alpha value is -1.95. The molecular formula is C19H26ClFN4O4S2. The standard InChI is InChI=1S/C18H24ClFN4O2S2.CH2O2/c1-24(2)16-7-5-3-4-6-14(16)22-15-11-13(20)17(10-12(15)19)28(25,26)23-18-21-8-9-27-18;2-1-3/h8-11,14,16,22H,3-7H2,1-2H3,(H,21,23);1H,(H,2,3)/t14-,16-;/m0./s1. The summed E-state index contributed by atoms with van der Waals surface area (Å²) in [5.74, 6) is -0.856. The number of hydrogen-bond donors (Lipinski definition) is 3. The van der Waals surface area contributed by atoms with Crippen LogP contribution < -0.4 is 10.0 Å². The van der Waals surface area contributed by atoms with Crippen LogP contribution in [0, 0.1) is 5.82 Å². The Balaban J connectivity index is 0.00000107. The maximum absolute atomic E-state index is 14.7. The lowest BCUT2D eigenvalue weighted by Gasteiger charge is -2.32. The zero-order valence-corrected chi connectivity index (χ0v) is 19.6. The number of nitrogens with one attached hydrogen (secondary N) is 2. The Labute approximate surface area is 190 Å². The Bertz CT molecular complexity index is 958. The molecule has 12 heteroatoms. The van der Waals surface area contributed by atoms with Gasteiger partial charge in [-0.1, -0.05) is 30.9 Å². The molecule has 2 atom stereocenters. The van der Waals surface area contributed by atoms with E-state index < -0.39 is 20.7 Å². The van der Waals surface area contributed by atoms with Crippen LogP contribution in [0.2, 0.25) is 5.02 Å². The van der Waals surface area contributed by atoms with E-state index in [1.807, 2.05) is 14.1 Å². The molecule has 0 saturated heterocycles. The van der Waals surface area contributed by atoms with Crippen molar-refractivity contribution in [2.45, 2.75) is 49.1 Å². The van der Waals surface area contributed by atoms with Crippen molar-refractivity contribution in [3.63, 3.8) is 0 Å². The number of rotatable bonds is 6. The van der Waals surface area contributed by atoms with Gasteiger partial charge in [0.25, 0.3) is 16.5 Å². The molecule has 172 valence electrons. The number of carbonyl (C=O) groups is 1. The van der Waals surface area contributed by atoms with Crippen molar-refractivity contribution < 1.29 is 22.7 Å². The van der Waals surface area contributed by atoms with Gasteiger partial charge in [-0.25, -0.2) is 17.8 Å². The fourth-order valence-electron chi connectivity index (χ4n) is 3.56. The second-order valence-corrected chi connectivity index (χ2v) is 10.2. The van der Waals surface area contributed by atoms with Gasteiger partial charge < -0.3 is 15.3 Å². The predicted octanol–water partition coefficient (Wildman–Crippen LogP) is 4.11. The van der Waals surface area contributed by atoms with E-state index in [9.17, 15) is 12.8 Å². The van der Waals surface area contributed by atoms with Crippen molar-refractivity contribution in [2.75, 3.05) is 24.1 Å². The molecule has 1 aliphatic rings. The number of carboxylic acid groups (broad SMARTS) is 1. The van der Waals surface area contributed by atoms with E-state index in [4.69, 9.17) is 21.5 Å². The van der Waals surface area contributed by atoms with Gasteiger partial charge in [-0.15, -0.1) is 11.3 Å². The number of benzene rings is 1. The predicted molar refractivity (Wildman–Crippen MR) is 121 cm³/mol. The highest BCUT2D eigenvalue weighted by Crippen LogP contribution is 2.32. The van der Waals surface area contributed by atoms with Gasteiger partial charge in [0.1, 0.15) is 10.7 Å². The van der Waals surface area contributed by atoms with Crippen molar-refractivity contribution in [1.29, 1.82) is 0 Å². The smallest absolute Gasteiger partial charge is 0.290 e. The topological polar surface area (TPSA) is 112 Å². The molecule has 1 aromatic carbocycles. The van der Waals surface area contributed by atoms with Crippen LogP contribution in [0.5, 0.6) is 0 Å². The number of aromatic nitrogens is 1.